The molecule has 0 saturated carbocycles. The Hall–Kier alpha value is -2.66. The van der Waals surface area contributed by atoms with Crippen LogP contribution in [-0.4, -0.2) is 38.0 Å². The summed E-state index contributed by atoms with van der Waals surface area (Å²) in [5, 5.41) is 10.2. The Labute approximate surface area is 141 Å². The van der Waals surface area contributed by atoms with Crippen LogP contribution in [-0.2, 0) is 6.54 Å². The third kappa shape index (κ3) is 3.81. The maximum absolute atomic E-state index is 13.0. The molecular weight excluding hydrogens is 302 g/mol. The fourth-order valence-corrected chi connectivity index (χ4v) is 2.72. The van der Waals surface area contributed by atoms with Crippen molar-refractivity contribution in [3.8, 4) is 0 Å². The molecule has 0 atom stereocenters. The van der Waals surface area contributed by atoms with Gasteiger partial charge in [0, 0.05) is 18.7 Å². The average molecular weight is 323 g/mol. The first kappa shape index (κ1) is 16.2. The molecular formula is C19H21N3O2. The quantitative estimate of drug-likeness (QED) is 0.758. The van der Waals surface area contributed by atoms with Gasteiger partial charge >= 0.3 is 0 Å². The van der Waals surface area contributed by atoms with E-state index in [1.54, 1.807) is 37.2 Å². The topological polar surface area (TPSA) is 69.2 Å². The summed E-state index contributed by atoms with van der Waals surface area (Å²) in [6, 6.07) is 15.2. The Kier molecular flexibility index (Phi) is 4.36. The number of fused-ring (bicyclic) bond motifs is 1. The molecule has 3 aromatic rings. The summed E-state index contributed by atoms with van der Waals surface area (Å²) in [6.45, 7) is 4.11. The van der Waals surface area contributed by atoms with E-state index in [1.807, 2.05) is 36.4 Å². The number of aromatic nitrogens is 2. The van der Waals surface area contributed by atoms with E-state index in [-0.39, 0.29) is 12.5 Å². The van der Waals surface area contributed by atoms with Crippen molar-refractivity contribution in [2.45, 2.75) is 26.0 Å². The Balaban J connectivity index is 1.89. The first-order chi connectivity index (χ1) is 11.4. The standard InChI is InChI=1S/C19H21N3O2/c1-19(2,24)12-22(11-14-6-4-3-5-7-14)18(23)15-8-9-16-17(10-15)21-13-20-16/h3-10,13,24H,11-12H2,1-2H3,(H,20,21). The number of rotatable bonds is 5. The van der Waals surface area contributed by atoms with E-state index in [4.69, 9.17) is 0 Å². The van der Waals surface area contributed by atoms with Gasteiger partial charge in [-0.2, -0.15) is 0 Å². The minimum absolute atomic E-state index is 0.113. The maximum Gasteiger partial charge on any atom is 0.254 e. The van der Waals surface area contributed by atoms with Gasteiger partial charge in [-0.25, -0.2) is 4.98 Å². The van der Waals surface area contributed by atoms with Gasteiger partial charge in [0.15, 0.2) is 0 Å². The summed E-state index contributed by atoms with van der Waals surface area (Å²) in [7, 11) is 0. The van der Waals surface area contributed by atoms with Crippen LogP contribution >= 0.6 is 0 Å². The monoisotopic (exact) mass is 323 g/mol. The summed E-state index contributed by atoms with van der Waals surface area (Å²) >= 11 is 0. The first-order valence-corrected chi connectivity index (χ1v) is 7.91. The van der Waals surface area contributed by atoms with Crippen LogP contribution in [0.25, 0.3) is 11.0 Å². The zero-order chi connectivity index (χ0) is 17.2. The zero-order valence-electron chi connectivity index (χ0n) is 13.9. The molecule has 2 aromatic carbocycles. The molecule has 5 heteroatoms. The molecule has 0 spiro atoms. The molecule has 1 heterocycles. The second kappa shape index (κ2) is 6.45. The van der Waals surface area contributed by atoms with Gasteiger partial charge in [-0.1, -0.05) is 30.3 Å². The normalized spacial score (nSPS) is 11.6. The summed E-state index contributed by atoms with van der Waals surface area (Å²) in [6.07, 6.45) is 1.61. The van der Waals surface area contributed by atoms with Gasteiger partial charge < -0.3 is 15.0 Å². The van der Waals surface area contributed by atoms with Crippen LogP contribution in [0.4, 0.5) is 0 Å². The van der Waals surface area contributed by atoms with Crippen molar-refractivity contribution >= 4 is 16.9 Å². The van der Waals surface area contributed by atoms with Gasteiger partial charge in [0.1, 0.15) is 0 Å². The number of nitrogens with zero attached hydrogens (tertiary/aromatic N) is 2. The lowest BCUT2D eigenvalue weighted by Gasteiger charge is -2.29. The molecule has 0 aliphatic heterocycles. The van der Waals surface area contributed by atoms with E-state index in [1.165, 1.54) is 0 Å². The highest BCUT2D eigenvalue weighted by Crippen LogP contribution is 2.17. The highest BCUT2D eigenvalue weighted by molar-refractivity contribution is 5.97. The van der Waals surface area contributed by atoms with Crippen molar-refractivity contribution in [3.63, 3.8) is 0 Å². The van der Waals surface area contributed by atoms with Crippen LogP contribution in [0.3, 0.4) is 0 Å². The van der Waals surface area contributed by atoms with E-state index in [2.05, 4.69) is 9.97 Å². The minimum Gasteiger partial charge on any atom is -0.389 e. The Morgan fingerprint density at radius 3 is 2.67 bits per heavy atom. The second-order valence-corrected chi connectivity index (χ2v) is 6.59. The number of hydrogen-bond acceptors (Lipinski definition) is 3. The molecule has 3 rings (SSSR count). The summed E-state index contributed by atoms with van der Waals surface area (Å²) in [4.78, 5) is 21.8. The van der Waals surface area contributed by atoms with Crippen LogP contribution in [0.5, 0.6) is 0 Å². The zero-order valence-corrected chi connectivity index (χ0v) is 13.9. The number of aromatic amines is 1. The molecule has 0 saturated heterocycles. The van der Waals surface area contributed by atoms with Crippen molar-refractivity contribution in [1.82, 2.24) is 14.9 Å². The van der Waals surface area contributed by atoms with Crippen LogP contribution in [0.2, 0.25) is 0 Å². The molecule has 5 nitrogen and oxygen atoms in total. The molecule has 0 aliphatic rings. The Morgan fingerprint density at radius 2 is 1.96 bits per heavy atom. The molecule has 24 heavy (non-hydrogen) atoms. The lowest BCUT2D eigenvalue weighted by molar-refractivity contribution is 0.0280. The minimum atomic E-state index is -0.970. The van der Waals surface area contributed by atoms with E-state index >= 15 is 0 Å². The van der Waals surface area contributed by atoms with Gasteiger partial charge in [0.2, 0.25) is 0 Å². The molecule has 0 unspecified atom stereocenters. The van der Waals surface area contributed by atoms with E-state index < -0.39 is 5.60 Å². The molecule has 0 aliphatic carbocycles. The number of amides is 1. The van der Waals surface area contributed by atoms with Crippen LogP contribution in [0.1, 0.15) is 29.8 Å². The second-order valence-electron chi connectivity index (χ2n) is 6.59. The number of carbonyl (C=O) groups excluding carboxylic acids is 1. The summed E-state index contributed by atoms with van der Waals surface area (Å²) in [5.74, 6) is -0.113. The number of aliphatic hydroxyl groups is 1. The predicted molar refractivity (Wildman–Crippen MR) is 93.6 cm³/mol. The number of nitrogens with one attached hydrogen (secondary N) is 1. The molecule has 0 fully saturated rings. The molecule has 2 N–H and O–H groups in total. The molecule has 0 radical (unpaired) electrons. The molecule has 1 aromatic heterocycles. The maximum atomic E-state index is 13.0. The number of imidazole rings is 1. The van der Waals surface area contributed by atoms with Gasteiger partial charge in [-0.05, 0) is 37.6 Å². The fourth-order valence-electron chi connectivity index (χ4n) is 2.72. The largest absolute Gasteiger partial charge is 0.389 e. The highest BCUT2D eigenvalue weighted by atomic mass is 16.3. The number of hydrogen-bond donors (Lipinski definition) is 2. The fraction of sp³-hybridized carbons (Fsp3) is 0.263. The predicted octanol–water partition coefficient (Wildman–Crippen LogP) is 2.98. The Bertz CT molecular complexity index is 834. The Morgan fingerprint density at radius 1 is 1.21 bits per heavy atom. The van der Waals surface area contributed by atoms with E-state index in [0.717, 1.165) is 16.6 Å². The SMILES string of the molecule is CC(C)(O)CN(Cc1ccccc1)C(=O)c1ccc2nc[nH]c2c1. The van der Waals surface area contributed by atoms with Crippen molar-refractivity contribution in [3.05, 3.63) is 66.0 Å². The lowest BCUT2D eigenvalue weighted by Crippen LogP contribution is -2.41. The summed E-state index contributed by atoms with van der Waals surface area (Å²) < 4.78 is 0. The molecule has 1 amide bonds. The smallest absolute Gasteiger partial charge is 0.254 e. The van der Waals surface area contributed by atoms with Crippen molar-refractivity contribution in [1.29, 1.82) is 0 Å². The van der Waals surface area contributed by atoms with Gasteiger partial charge in [-0.3, -0.25) is 4.79 Å². The molecule has 124 valence electrons. The third-order valence-corrected chi connectivity index (χ3v) is 3.75. The van der Waals surface area contributed by atoms with Crippen LogP contribution in [0, 0.1) is 0 Å². The van der Waals surface area contributed by atoms with Crippen molar-refractivity contribution < 1.29 is 9.90 Å². The van der Waals surface area contributed by atoms with E-state index in [9.17, 15) is 9.90 Å². The van der Waals surface area contributed by atoms with Gasteiger partial charge in [0.25, 0.3) is 5.91 Å². The number of H-pyrrole nitrogens is 1. The molecule has 0 bridgehead atoms. The first-order valence-electron chi connectivity index (χ1n) is 7.91. The van der Waals surface area contributed by atoms with Crippen molar-refractivity contribution in [2.75, 3.05) is 6.54 Å². The van der Waals surface area contributed by atoms with Crippen molar-refractivity contribution in [2.24, 2.45) is 0 Å². The number of benzene rings is 2. The number of carbonyl (C=O) groups is 1. The van der Waals surface area contributed by atoms with Crippen LogP contribution in [0.15, 0.2) is 54.9 Å². The van der Waals surface area contributed by atoms with Gasteiger partial charge in [0.05, 0.1) is 23.0 Å². The highest BCUT2D eigenvalue weighted by Gasteiger charge is 2.24. The summed E-state index contributed by atoms with van der Waals surface area (Å²) in [5.41, 5.74) is 2.28. The van der Waals surface area contributed by atoms with Gasteiger partial charge in [-0.15, -0.1) is 0 Å². The van der Waals surface area contributed by atoms with E-state index in [0.29, 0.717) is 12.1 Å². The lowest BCUT2D eigenvalue weighted by atomic mass is 10.1. The van der Waals surface area contributed by atoms with Crippen LogP contribution < -0.4 is 0 Å². The average Bonchev–Trinajstić information content (AvgIpc) is 3.01. The third-order valence-electron chi connectivity index (χ3n) is 3.75.